The fraction of sp³-hybridized carbons (Fsp3) is 0.167. The van der Waals surface area contributed by atoms with Gasteiger partial charge in [-0.2, -0.15) is 0 Å². The second kappa shape index (κ2) is 7.75. The lowest BCUT2D eigenvalue weighted by molar-refractivity contribution is -0.268. The van der Waals surface area contributed by atoms with E-state index in [4.69, 9.17) is 11.6 Å². The topological polar surface area (TPSA) is 23.1 Å². The van der Waals surface area contributed by atoms with Crippen LogP contribution in [0.25, 0.3) is 33.0 Å². The summed E-state index contributed by atoms with van der Waals surface area (Å²) in [5.41, 5.74) is 2.11. The Kier molecular flexibility index (Phi) is 5.20. The van der Waals surface area contributed by atoms with Crippen LogP contribution in [-0.4, -0.2) is 0 Å². The van der Waals surface area contributed by atoms with E-state index in [9.17, 15) is 5.11 Å². The second-order valence-corrected chi connectivity index (χ2v) is 8.24. The Labute approximate surface area is 168 Å². The lowest BCUT2D eigenvalue weighted by atomic mass is 10.0. The van der Waals surface area contributed by atoms with Crippen LogP contribution in [0.3, 0.4) is 0 Å². The molecule has 136 valence electrons. The third kappa shape index (κ3) is 3.60. The number of thiophene rings is 1. The molecule has 0 radical (unpaired) electrons. The summed E-state index contributed by atoms with van der Waals surface area (Å²) >= 11 is 7.94. The van der Waals surface area contributed by atoms with E-state index in [0.29, 0.717) is 0 Å². The van der Waals surface area contributed by atoms with Crippen LogP contribution in [0.15, 0.2) is 54.6 Å². The van der Waals surface area contributed by atoms with E-state index >= 15 is 0 Å². The molecular weight excluding hydrogens is 372 g/mol. The Balaban J connectivity index is 1.82. The number of hydrogen-bond donors (Lipinski definition) is 0. The molecular formula is C24H20ClOS-. The molecule has 0 saturated carbocycles. The Morgan fingerprint density at radius 1 is 1.00 bits per heavy atom. The highest BCUT2D eigenvalue weighted by Gasteiger charge is 2.10. The van der Waals surface area contributed by atoms with Gasteiger partial charge in [0.15, 0.2) is 0 Å². The molecule has 0 aliphatic carbocycles. The Morgan fingerprint density at radius 2 is 1.85 bits per heavy atom. The maximum Gasteiger partial charge on any atom is 0.0420 e. The van der Waals surface area contributed by atoms with E-state index in [-0.39, 0.29) is 5.75 Å². The molecule has 4 aromatic rings. The van der Waals surface area contributed by atoms with Crippen LogP contribution in [0, 0.1) is 0 Å². The molecule has 3 heteroatoms. The molecule has 0 fully saturated rings. The van der Waals surface area contributed by atoms with Gasteiger partial charge in [0.05, 0.1) is 0 Å². The van der Waals surface area contributed by atoms with Crippen molar-refractivity contribution in [3.8, 4) is 5.75 Å². The van der Waals surface area contributed by atoms with Gasteiger partial charge >= 0.3 is 0 Å². The van der Waals surface area contributed by atoms with Crippen LogP contribution in [0.1, 0.15) is 35.8 Å². The zero-order valence-electron chi connectivity index (χ0n) is 15.2. The van der Waals surface area contributed by atoms with Gasteiger partial charge in [0.1, 0.15) is 0 Å². The Bertz CT molecular complexity index is 1140. The van der Waals surface area contributed by atoms with Gasteiger partial charge in [-0.25, -0.2) is 0 Å². The molecule has 0 amide bonds. The van der Waals surface area contributed by atoms with Crippen molar-refractivity contribution in [2.75, 3.05) is 0 Å². The van der Waals surface area contributed by atoms with Crippen molar-refractivity contribution in [2.24, 2.45) is 0 Å². The SMILES string of the molecule is CCCCc1c(C=Cc2c([O-])ccc3ccccc23)sc2cc(Cl)ccc12. The summed E-state index contributed by atoms with van der Waals surface area (Å²) in [6, 6.07) is 17.7. The molecule has 0 aliphatic rings. The highest BCUT2D eigenvalue weighted by Crippen LogP contribution is 2.36. The van der Waals surface area contributed by atoms with Gasteiger partial charge in [-0.3, -0.25) is 0 Å². The van der Waals surface area contributed by atoms with Crippen molar-refractivity contribution in [1.82, 2.24) is 0 Å². The van der Waals surface area contributed by atoms with E-state index in [0.717, 1.165) is 40.6 Å². The van der Waals surface area contributed by atoms with Gasteiger partial charge in [-0.1, -0.05) is 73.5 Å². The number of aryl methyl sites for hydroxylation is 1. The molecule has 0 spiro atoms. The molecule has 1 nitrogen and oxygen atoms in total. The van der Waals surface area contributed by atoms with E-state index in [1.807, 2.05) is 48.5 Å². The van der Waals surface area contributed by atoms with Crippen LogP contribution < -0.4 is 5.11 Å². The zero-order chi connectivity index (χ0) is 18.8. The molecule has 0 bridgehead atoms. The molecule has 3 aromatic carbocycles. The van der Waals surface area contributed by atoms with Crippen LogP contribution in [-0.2, 0) is 6.42 Å². The van der Waals surface area contributed by atoms with E-state index in [1.165, 1.54) is 20.5 Å². The van der Waals surface area contributed by atoms with Crippen molar-refractivity contribution in [3.63, 3.8) is 0 Å². The molecule has 0 saturated heterocycles. The predicted molar refractivity (Wildman–Crippen MR) is 118 cm³/mol. The minimum absolute atomic E-state index is 0.0595. The van der Waals surface area contributed by atoms with Crippen LogP contribution in [0.5, 0.6) is 5.75 Å². The normalized spacial score (nSPS) is 11.8. The van der Waals surface area contributed by atoms with Crippen LogP contribution in [0.2, 0.25) is 5.02 Å². The van der Waals surface area contributed by atoms with Gasteiger partial charge in [0, 0.05) is 14.6 Å². The minimum atomic E-state index is 0.0595. The van der Waals surface area contributed by atoms with Crippen molar-refractivity contribution in [2.45, 2.75) is 26.2 Å². The summed E-state index contributed by atoms with van der Waals surface area (Å²) in [5.74, 6) is 0.0595. The monoisotopic (exact) mass is 391 g/mol. The minimum Gasteiger partial charge on any atom is -0.872 e. The van der Waals surface area contributed by atoms with E-state index < -0.39 is 0 Å². The van der Waals surface area contributed by atoms with Gasteiger partial charge in [-0.05, 0) is 58.3 Å². The number of unbranched alkanes of at least 4 members (excludes halogenated alkanes) is 1. The summed E-state index contributed by atoms with van der Waals surface area (Å²) < 4.78 is 1.20. The summed E-state index contributed by atoms with van der Waals surface area (Å²) in [6.07, 6.45) is 7.43. The zero-order valence-corrected chi connectivity index (χ0v) is 16.7. The summed E-state index contributed by atoms with van der Waals surface area (Å²) in [6.45, 7) is 2.21. The lowest BCUT2D eigenvalue weighted by Gasteiger charge is -2.13. The Hall–Kier alpha value is -2.29. The number of fused-ring (bicyclic) bond motifs is 2. The third-order valence-electron chi connectivity index (χ3n) is 4.90. The first-order valence-corrected chi connectivity index (χ1v) is 10.4. The number of rotatable bonds is 5. The number of halogens is 1. The van der Waals surface area contributed by atoms with Crippen molar-refractivity contribution < 1.29 is 5.11 Å². The molecule has 0 N–H and O–H groups in total. The molecule has 0 unspecified atom stereocenters. The number of hydrogen-bond acceptors (Lipinski definition) is 2. The first kappa shape index (κ1) is 18.1. The maximum absolute atomic E-state index is 12.5. The largest absolute Gasteiger partial charge is 0.872 e. The smallest absolute Gasteiger partial charge is 0.0420 e. The first-order chi connectivity index (χ1) is 13.2. The predicted octanol–water partition coefficient (Wildman–Crippen LogP) is 7.29. The Morgan fingerprint density at radius 3 is 2.70 bits per heavy atom. The summed E-state index contributed by atoms with van der Waals surface area (Å²) in [7, 11) is 0. The highest BCUT2D eigenvalue weighted by atomic mass is 35.5. The molecule has 4 rings (SSSR count). The molecule has 0 atom stereocenters. The molecule has 27 heavy (non-hydrogen) atoms. The quantitative estimate of drug-likeness (QED) is 0.350. The molecule has 1 heterocycles. The summed E-state index contributed by atoms with van der Waals surface area (Å²) in [5, 5.41) is 16.6. The van der Waals surface area contributed by atoms with Gasteiger partial charge < -0.3 is 5.11 Å². The average Bonchev–Trinajstić information content (AvgIpc) is 3.02. The van der Waals surface area contributed by atoms with Gasteiger partial charge in [-0.15, -0.1) is 17.1 Å². The molecule has 1 aromatic heterocycles. The van der Waals surface area contributed by atoms with Crippen molar-refractivity contribution in [3.05, 3.63) is 75.6 Å². The maximum atomic E-state index is 12.5. The highest BCUT2D eigenvalue weighted by molar-refractivity contribution is 7.20. The first-order valence-electron chi connectivity index (χ1n) is 9.25. The average molecular weight is 392 g/mol. The van der Waals surface area contributed by atoms with Crippen molar-refractivity contribution >= 4 is 55.9 Å². The van der Waals surface area contributed by atoms with Gasteiger partial charge in [0.25, 0.3) is 0 Å². The van der Waals surface area contributed by atoms with E-state index in [2.05, 4.69) is 19.1 Å². The lowest BCUT2D eigenvalue weighted by Crippen LogP contribution is -1.93. The molecule has 0 aliphatic heterocycles. The van der Waals surface area contributed by atoms with E-state index in [1.54, 1.807) is 17.4 Å². The fourth-order valence-corrected chi connectivity index (χ4v) is 4.93. The van der Waals surface area contributed by atoms with Crippen LogP contribution in [0.4, 0.5) is 0 Å². The standard InChI is InChI=1S/C24H21ClOS/c1-2-3-7-20-21-11-10-17(25)15-24(21)27-23(20)14-12-19-18-8-5-4-6-16(18)9-13-22(19)26/h4-6,8-15,26H,2-3,7H2,1H3/p-1. The fourth-order valence-electron chi connectivity index (χ4n) is 3.50. The summed E-state index contributed by atoms with van der Waals surface area (Å²) in [4.78, 5) is 1.22. The third-order valence-corrected chi connectivity index (χ3v) is 6.29. The van der Waals surface area contributed by atoms with Crippen LogP contribution >= 0.6 is 22.9 Å². The second-order valence-electron chi connectivity index (χ2n) is 6.72. The van der Waals surface area contributed by atoms with Crippen molar-refractivity contribution in [1.29, 1.82) is 0 Å². The number of benzene rings is 3. The van der Waals surface area contributed by atoms with Gasteiger partial charge in [0.2, 0.25) is 0 Å².